The van der Waals surface area contributed by atoms with E-state index < -0.39 is 0 Å². The predicted octanol–water partition coefficient (Wildman–Crippen LogP) is 1.51. The van der Waals surface area contributed by atoms with Crippen molar-refractivity contribution in [1.82, 2.24) is 29.7 Å². The highest BCUT2D eigenvalue weighted by Gasteiger charge is 2.36. The first-order valence-electron chi connectivity index (χ1n) is 10.1. The Morgan fingerprint density at radius 3 is 2.69 bits per heavy atom. The first kappa shape index (κ1) is 18.1. The molecule has 8 heteroatoms. The van der Waals surface area contributed by atoms with Crippen molar-refractivity contribution in [3.63, 3.8) is 0 Å². The van der Waals surface area contributed by atoms with Gasteiger partial charge in [0.15, 0.2) is 0 Å². The quantitative estimate of drug-likeness (QED) is 0.671. The van der Waals surface area contributed by atoms with Crippen LogP contribution in [0.15, 0.2) is 47.3 Å². The number of aromatic nitrogens is 5. The number of benzene rings is 1. The second-order valence-corrected chi connectivity index (χ2v) is 8.37. The number of anilines is 1. The van der Waals surface area contributed by atoms with E-state index in [-0.39, 0.29) is 5.56 Å². The number of pyridine rings is 1. The standard InChI is InChI=1S/C21H25N7O/c1-25(2)13-16-8-9-19-17-10-15(12-27(19)20(16)29)11-26(14-17)21-22-23-24-28(21)18-6-4-3-5-7-18/h3-9,15,17H,10-14H2,1-2H3/t15-,17+/m0/s1. The van der Waals surface area contributed by atoms with Gasteiger partial charge in [-0.3, -0.25) is 4.79 Å². The molecule has 0 aliphatic carbocycles. The summed E-state index contributed by atoms with van der Waals surface area (Å²) in [5, 5.41) is 12.5. The summed E-state index contributed by atoms with van der Waals surface area (Å²) < 4.78 is 3.81. The fraction of sp³-hybridized carbons (Fsp3) is 0.429. The van der Waals surface area contributed by atoms with Crippen LogP contribution < -0.4 is 10.5 Å². The highest BCUT2D eigenvalue weighted by molar-refractivity contribution is 5.42. The number of piperidine rings is 1. The fourth-order valence-corrected chi connectivity index (χ4v) is 4.73. The Hall–Kier alpha value is -3.00. The number of hydrogen-bond acceptors (Lipinski definition) is 6. The molecule has 8 nitrogen and oxygen atoms in total. The van der Waals surface area contributed by atoms with Crippen LogP contribution in [0.3, 0.4) is 0 Å². The van der Waals surface area contributed by atoms with Gasteiger partial charge >= 0.3 is 0 Å². The van der Waals surface area contributed by atoms with Crippen molar-refractivity contribution in [3.8, 4) is 5.69 Å². The molecule has 0 unspecified atom stereocenters. The van der Waals surface area contributed by atoms with Gasteiger partial charge in [0.2, 0.25) is 5.95 Å². The minimum Gasteiger partial charge on any atom is -0.338 e. The van der Waals surface area contributed by atoms with E-state index in [9.17, 15) is 4.79 Å². The molecule has 1 saturated heterocycles. The SMILES string of the molecule is CN(C)Cc1ccc2n(c1=O)C[C@H]1C[C@@H]2CN(c2nnnn2-c2ccccc2)C1. The van der Waals surface area contributed by atoms with Gasteiger partial charge in [-0.1, -0.05) is 29.4 Å². The van der Waals surface area contributed by atoms with Crippen LogP contribution >= 0.6 is 0 Å². The van der Waals surface area contributed by atoms with E-state index in [1.807, 2.05) is 60.0 Å². The normalized spacial score (nSPS) is 20.7. The molecule has 0 N–H and O–H groups in total. The average Bonchev–Trinajstić information content (AvgIpc) is 3.21. The van der Waals surface area contributed by atoms with Gasteiger partial charge in [-0.05, 0) is 55.1 Å². The van der Waals surface area contributed by atoms with E-state index >= 15 is 0 Å². The molecule has 150 valence electrons. The van der Waals surface area contributed by atoms with Gasteiger partial charge in [-0.2, -0.15) is 4.68 Å². The third kappa shape index (κ3) is 3.23. The van der Waals surface area contributed by atoms with E-state index in [1.54, 1.807) is 4.68 Å². The lowest BCUT2D eigenvalue weighted by atomic mass is 9.83. The number of para-hydroxylation sites is 1. The summed E-state index contributed by atoms with van der Waals surface area (Å²) in [5.74, 6) is 1.49. The first-order valence-corrected chi connectivity index (χ1v) is 10.1. The highest BCUT2D eigenvalue weighted by atomic mass is 16.1. The number of fused-ring (bicyclic) bond motifs is 4. The Morgan fingerprint density at radius 2 is 1.90 bits per heavy atom. The number of tetrazole rings is 1. The molecule has 0 saturated carbocycles. The zero-order chi connectivity index (χ0) is 20.0. The topological polar surface area (TPSA) is 72.1 Å². The third-order valence-electron chi connectivity index (χ3n) is 5.91. The van der Waals surface area contributed by atoms with Crippen LogP contribution in [-0.2, 0) is 13.1 Å². The van der Waals surface area contributed by atoms with Gasteiger partial charge in [0, 0.05) is 43.4 Å². The van der Waals surface area contributed by atoms with Crippen molar-refractivity contribution in [1.29, 1.82) is 0 Å². The molecule has 0 spiro atoms. The Morgan fingerprint density at radius 1 is 1.07 bits per heavy atom. The van der Waals surface area contributed by atoms with Crippen molar-refractivity contribution < 1.29 is 0 Å². The lowest BCUT2D eigenvalue weighted by molar-refractivity contribution is 0.277. The van der Waals surface area contributed by atoms with Gasteiger partial charge in [-0.25, -0.2) is 0 Å². The van der Waals surface area contributed by atoms with Crippen LogP contribution in [0.5, 0.6) is 0 Å². The largest absolute Gasteiger partial charge is 0.338 e. The molecule has 3 aromatic rings. The summed E-state index contributed by atoms with van der Waals surface area (Å²) in [6.07, 6.45) is 1.11. The predicted molar refractivity (Wildman–Crippen MR) is 110 cm³/mol. The molecular weight excluding hydrogens is 366 g/mol. The molecule has 2 aliphatic heterocycles. The maximum Gasteiger partial charge on any atom is 0.255 e. The second-order valence-electron chi connectivity index (χ2n) is 8.37. The van der Waals surface area contributed by atoms with Crippen LogP contribution in [0.25, 0.3) is 5.69 Å². The molecule has 1 aromatic carbocycles. The monoisotopic (exact) mass is 391 g/mol. The summed E-state index contributed by atoms with van der Waals surface area (Å²) in [6.45, 7) is 3.10. The van der Waals surface area contributed by atoms with Crippen LogP contribution in [0, 0.1) is 5.92 Å². The van der Waals surface area contributed by atoms with Crippen LogP contribution in [0.1, 0.15) is 23.6 Å². The Bertz CT molecular complexity index is 1070. The van der Waals surface area contributed by atoms with E-state index in [2.05, 4.69) is 26.5 Å². The summed E-state index contributed by atoms with van der Waals surface area (Å²) in [6, 6.07) is 14.1. The second kappa shape index (κ2) is 7.11. The van der Waals surface area contributed by atoms with Crippen LogP contribution in [0.4, 0.5) is 5.95 Å². The molecule has 2 aromatic heterocycles. The van der Waals surface area contributed by atoms with Gasteiger partial charge < -0.3 is 14.4 Å². The summed E-state index contributed by atoms with van der Waals surface area (Å²) >= 11 is 0. The van der Waals surface area contributed by atoms with E-state index in [1.165, 1.54) is 0 Å². The van der Waals surface area contributed by atoms with Gasteiger partial charge in [-0.15, -0.1) is 0 Å². The molecule has 2 bridgehead atoms. The van der Waals surface area contributed by atoms with E-state index in [4.69, 9.17) is 0 Å². The molecule has 2 aliphatic rings. The minimum atomic E-state index is 0.161. The molecule has 1 fully saturated rings. The molecule has 29 heavy (non-hydrogen) atoms. The van der Waals surface area contributed by atoms with E-state index in [0.29, 0.717) is 18.4 Å². The molecule has 4 heterocycles. The molecule has 2 atom stereocenters. The van der Waals surface area contributed by atoms with Crippen molar-refractivity contribution in [2.75, 3.05) is 32.1 Å². The minimum absolute atomic E-state index is 0.161. The lowest BCUT2D eigenvalue weighted by Crippen LogP contribution is -2.48. The van der Waals surface area contributed by atoms with Crippen molar-refractivity contribution in [3.05, 3.63) is 64.1 Å². The molecule has 5 rings (SSSR count). The average molecular weight is 391 g/mol. The first-order chi connectivity index (χ1) is 14.1. The fourth-order valence-electron chi connectivity index (χ4n) is 4.73. The van der Waals surface area contributed by atoms with Crippen molar-refractivity contribution >= 4 is 5.95 Å². The van der Waals surface area contributed by atoms with Crippen LogP contribution in [-0.4, -0.2) is 56.9 Å². The molecular formula is C21H25N7O. The Kier molecular flexibility index (Phi) is 4.43. The van der Waals surface area contributed by atoms with Gasteiger partial charge in [0.1, 0.15) is 0 Å². The Balaban J connectivity index is 1.46. The molecule has 0 radical (unpaired) electrons. The van der Waals surface area contributed by atoms with Crippen molar-refractivity contribution in [2.24, 2.45) is 5.92 Å². The summed E-state index contributed by atoms with van der Waals surface area (Å²) in [4.78, 5) is 17.3. The van der Waals surface area contributed by atoms with Crippen molar-refractivity contribution in [2.45, 2.75) is 25.4 Å². The molecule has 0 amide bonds. The lowest BCUT2D eigenvalue weighted by Gasteiger charge is -2.43. The maximum atomic E-state index is 13.0. The number of nitrogens with zero attached hydrogens (tertiary/aromatic N) is 7. The third-order valence-corrected chi connectivity index (χ3v) is 5.91. The highest BCUT2D eigenvalue weighted by Crippen LogP contribution is 2.36. The van der Waals surface area contributed by atoms with Crippen LogP contribution in [0.2, 0.25) is 0 Å². The number of hydrogen-bond donors (Lipinski definition) is 0. The Labute approximate surface area is 169 Å². The summed E-state index contributed by atoms with van der Waals surface area (Å²) in [7, 11) is 3.99. The zero-order valence-corrected chi connectivity index (χ0v) is 16.8. The summed E-state index contributed by atoms with van der Waals surface area (Å²) in [5.41, 5.74) is 3.11. The van der Waals surface area contributed by atoms with Gasteiger partial charge in [0.05, 0.1) is 5.69 Å². The maximum absolute atomic E-state index is 13.0. The zero-order valence-electron chi connectivity index (χ0n) is 16.8. The van der Waals surface area contributed by atoms with E-state index in [0.717, 1.165) is 48.9 Å². The van der Waals surface area contributed by atoms with Gasteiger partial charge in [0.25, 0.3) is 5.56 Å². The smallest absolute Gasteiger partial charge is 0.255 e. The number of rotatable bonds is 4.